The van der Waals surface area contributed by atoms with Crippen molar-refractivity contribution in [3.8, 4) is 0 Å². The number of rotatable bonds is 5. The maximum atomic E-state index is 10.3. The van der Waals surface area contributed by atoms with Gasteiger partial charge in [-0.15, -0.1) is 0 Å². The van der Waals surface area contributed by atoms with Gasteiger partial charge in [-0.05, 0) is 31.1 Å². The van der Waals surface area contributed by atoms with E-state index in [2.05, 4.69) is 38.4 Å². The van der Waals surface area contributed by atoms with Gasteiger partial charge in [-0.2, -0.15) is 12.6 Å². The van der Waals surface area contributed by atoms with Crippen LogP contribution in [0.3, 0.4) is 0 Å². The van der Waals surface area contributed by atoms with Crippen LogP contribution in [0.5, 0.6) is 0 Å². The second-order valence-corrected chi connectivity index (χ2v) is 6.24. The Morgan fingerprint density at radius 1 is 1.33 bits per heavy atom. The van der Waals surface area contributed by atoms with Gasteiger partial charge in [0, 0.05) is 13.1 Å². The minimum Gasteiger partial charge on any atom is -0.389 e. The molecule has 15 heavy (non-hydrogen) atoms. The summed E-state index contributed by atoms with van der Waals surface area (Å²) >= 11 is 4.36. The Balaban J connectivity index is 2.38. The number of nitrogens with zero attached hydrogens (tertiary/aromatic N) is 1. The Labute approximate surface area is 99.5 Å². The minimum atomic E-state index is -0.415. The van der Waals surface area contributed by atoms with Crippen LogP contribution in [0.2, 0.25) is 0 Å². The first kappa shape index (κ1) is 13.3. The fourth-order valence-corrected chi connectivity index (χ4v) is 2.63. The molecule has 0 heterocycles. The van der Waals surface area contributed by atoms with Crippen LogP contribution >= 0.6 is 12.6 Å². The van der Waals surface area contributed by atoms with E-state index in [4.69, 9.17) is 0 Å². The molecule has 0 aromatic rings. The molecule has 1 N–H and O–H groups in total. The molecule has 1 aliphatic rings. The highest BCUT2D eigenvalue weighted by Gasteiger charge is 2.33. The van der Waals surface area contributed by atoms with Gasteiger partial charge in [0.1, 0.15) is 0 Å². The summed E-state index contributed by atoms with van der Waals surface area (Å²) in [7, 11) is 2.10. The molecular formula is C12H25NOS. The second-order valence-electron chi connectivity index (χ2n) is 5.93. The molecular weight excluding hydrogens is 206 g/mol. The second kappa shape index (κ2) is 5.07. The number of hydrogen-bond donors (Lipinski definition) is 2. The first-order chi connectivity index (χ1) is 6.87. The molecule has 0 saturated heterocycles. The predicted octanol–water partition coefficient (Wildman–Crippen LogP) is 2.18. The highest BCUT2D eigenvalue weighted by atomic mass is 32.1. The molecule has 0 bridgehead atoms. The van der Waals surface area contributed by atoms with E-state index >= 15 is 0 Å². The van der Waals surface area contributed by atoms with Crippen molar-refractivity contribution in [2.24, 2.45) is 5.41 Å². The number of thiol groups is 1. The molecule has 0 aromatic carbocycles. The van der Waals surface area contributed by atoms with Crippen molar-refractivity contribution < 1.29 is 5.11 Å². The van der Waals surface area contributed by atoms with Crippen LogP contribution in [0.1, 0.15) is 39.5 Å². The summed E-state index contributed by atoms with van der Waals surface area (Å²) in [4.78, 5) is 2.25. The zero-order chi connectivity index (χ0) is 11.5. The summed E-state index contributed by atoms with van der Waals surface area (Å²) in [6, 6.07) is 0. The molecule has 90 valence electrons. The molecule has 0 unspecified atom stereocenters. The van der Waals surface area contributed by atoms with Crippen LogP contribution in [0.25, 0.3) is 0 Å². The van der Waals surface area contributed by atoms with E-state index in [-0.39, 0.29) is 5.41 Å². The molecule has 0 aliphatic heterocycles. The van der Waals surface area contributed by atoms with E-state index < -0.39 is 5.60 Å². The van der Waals surface area contributed by atoms with Gasteiger partial charge >= 0.3 is 0 Å². The van der Waals surface area contributed by atoms with E-state index in [0.29, 0.717) is 0 Å². The Morgan fingerprint density at radius 3 is 2.33 bits per heavy atom. The molecule has 1 saturated carbocycles. The summed E-state index contributed by atoms with van der Waals surface area (Å²) in [5, 5.41) is 10.3. The monoisotopic (exact) mass is 231 g/mol. The lowest BCUT2D eigenvalue weighted by Gasteiger charge is -2.33. The molecule has 1 rings (SSSR count). The molecule has 2 nitrogen and oxygen atoms in total. The van der Waals surface area contributed by atoms with Gasteiger partial charge in [-0.25, -0.2) is 0 Å². The van der Waals surface area contributed by atoms with Gasteiger partial charge < -0.3 is 10.0 Å². The largest absolute Gasteiger partial charge is 0.389 e. The third-order valence-corrected chi connectivity index (χ3v) is 4.08. The average Bonchev–Trinajstić information content (AvgIpc) is 2.50. The van der Waals surface area contributed by atoms with Crippen molar-refractivity contribution in [3.63, 3.8) is 0 Å². The Kier molecular flexibility index (Phi) is 4.50. The Bertz CT molecular complexity index is 200. The van der Waals surface area contributed by atoms with Crippen molar-refractivity contribution in [3.05, 3.63) is 0 Å². The van der Waals surface area contributed by atoms with Crippen LogP contribution in [0.15, 0.2) is 0 Å². The van der Waals surface area contributed by atoms with E-state index in [1.165, 1.54) is 12.8 Å². The van der Waals surface area contributed by atoms with Gasteiger partial charge in [0.05, 0.1) is 5.60 Å². The molecule has 0 atom stereocenters. The van der Waals surface area contributed by atoms with Crippen LogP contribution in [-0.2, 0) is 0 Å². The van der Waals surface area contributed by atoms with Crippen molar-refractivity contribution >= 4 is 12.6 Å². The van der Waals surface area contributed by atoms with E-state index in [9.17, 15) is 5.11 Å². The Hall–Kier alpha value is 0.270. The molecule has 0 spiro atoms. The van der Waals surface area contributed by atoms with E-state index in [1.54, 1.807) is 0 Å². The van der Waals surface area contributed by atoms with Crippen LogP contribution in [-0.4, -0.2) is 41.5 Å². The zero-order valence-corrected chi connectivity index (χ0v) is 11.2. The third kappa shape index (κ3) is 4.33. The van der Waals surface area contributed by atoms with Crippen molar-refractivity contribution in [1.82, 2.24) is 4.90 Å². The van der Waals surface area contributed by atoms with Gasteiger partial charge in [0.2, 0.25) is 0 Å². The highest BCUT2D eigenvalue weighted by molar-refractivity contribution is 7.80. The third-order valence-electron chi connectivity index (χ3n) is 3.22. The molecule has 1 fully saturated rings. The number of likely N-dealkylation sites (N-methyl/N-ethyl adjacent to an activating group) is 1. The first-order valence-electron chi connectivity index (χ1n) is 5.89. The van der Waals surface area contributed by atoms with E-state index in [1.807, 2.05) is 0 Å². The van der Waals surface area contributed by atoms with Crippen LogP contribution in [0.4, 0.5) is 0 Å². The quantitative estimate of drug-likeness (QED) is 0.709. The van der Waals surface area contributed by atoms with E-state index in [0.717, 1.165) is 31.7 Å². The number of hydrogen-bond acceptors (Lipinski definition) is 3. The fourth-order valence-electron chi connectivity index (χ4n) is 2.53. The molecule has 1 aliphatic carbocycles. The summed E-state index contributed by atoms with van der Waals surface area (Å²) in [5.41, 5.74) is -0.186. The summed E-state index contributed by atoms with van der Waals surface area (Å²) in [5.74, 6) is 0.885. The minimum absolute atomic E-state index is 0.229. The number of aliphatic hydroxyl groups is 1. The topological polar surface area (TPSA) is 23.5 Å². The van der Waals surface area contributed by atoms with Crippen LogP contribution < -0.4 is 0 Å². The average molecular weight is 231 g/mol. The fraction of sp³-hybridized carbons (Fsp3) is 1.00. The summed E-state index contributed by atoms with van der Waals surface area (Å²) in [6.07, 6.45) is 4.30. The first-order valence-corrected chi connectivity index (χ1v) is 6.52. The SMILES string of the molecule is CN(CC(C)(C)CS)CC1(O)CCCC1. The standard InChI is InChI=1S/C12H25NOS/c1-11(2,10-15)8-13(3)9-12(14)6-4-5-7-12/h14-15H,4-10H2,1-3H3. The van der Waals surface area contributed by atoms with Gasteiger partial charge in [0.15, 0.2) is 0 Å². The lowest BCUT2D eigenvalue weighted by molar-refractivity contribution is 0.00971. The van der Waals surface area contributed by atoms with Gasteiger partial charge in [-0.3, -0.25) is 0 Å². The zero-order valence-electron chi connectivity index (χ0n) is 10.3. The molecule has 0 amide bonds. The maximum Gasteiger partial charge on any atom is 0.0774 e. The van der Waals surface area contributed by atoms with Crippen LogP contribution in [0, 0.1) is 5.41 Å². The molecule has 0 aromatic heterocycles. The summed E-state index contributed by atoms with van der Waals surface area (Å²) < 4.78 is 0. The summed E-state index contributed by atoms with van der Waals surface area (Å²) in [6.45, 7) is 6.24. The predicted molar refractivity (Wildman–Crippen MR) is 68.5 cm³/mol. The lowest BCUT2D eigenvalue weighted by atomic mass is 9.94. The highest BCUT2D eigenvalue weighted by Crippen LogP contribution is 2.30. The smallest absolute Gasteiger partial charge is 0.0774 e. The Morgan fingerprint density at radius 2 is 1.87 bits per heavy atom. The maximum absolute atomic E-state index is 10.3. The lowest BCUT2D eigenvalue weighted by Crippen LogP contribution is -2.43. The normalized spacial score (nSPS) is 21.2. The van der Waals surface area contributed by atoms with Crippen molar-refractivity contribution in [2.45, 2.75) is 45.1 Å². The van der Waals surface area contributed by atoms with Gasteiger partial charge in [-0.1, -0.05) is 26.7 Å². The van der Waals surface area contributed by atoms with Crippen molar-refractivity contribution in [2.75, 3.05) is 25.9 Å². The van der Waals surface area contributed by atoms with Gasteiger partial charge in [0.25, 0.3) is 0 Å². The molecule has 0 radical (unpaired) electrons. The molecule has 3 heteroatoms. The van der Waals surface area contributed by atoms with Crippen molar-refractivity contribution in [1.29, 1.82) is 0 Å².